The van der Waals surface area contributed by atoms with Crippen LogP contribution in [0.4, 0.5) is 0 Å². The van der Waals surface area contributed by atoms with Crippen molar-refractivity contribution >= 4 is 0 Å². The lowest BCUT2D eigenvalue weighted by molar-refractivity contribution is 0.435. The van der Waals surface area contributed by atoms with Crippen molar-refractivity contribution in [3.63, 3.8) is 0 Å². The Kier molecular flexibility index (Phi) is 8.64. The minimum atomic E-state index is -0.0492. The molecule has 0 heterocycles. The molecular formula is C21H26N4O. The summed E-state index contributed by atoms with van der Waals surface area (Å²) in [6.45, 7) is 16.6. The molecule has 0 unspecified atom stereocenters. The highest BCUT2D eigenvalue weighted by Crippen LogP contribution is 2.26. The summed E-state index contributed by atoms with van der Waals surface area (Å²) in [7, 11) is 0. The number of aliphatic hydroxyl groups excluding tert-OH is 1. The Hall–Kier alpha value is -3.08. The molecule has 0 saturated heterocycles. The van der Waals surface area contributed by atoms with E-state index >= 15 is 0 Å². The van der Waals surface area contributed by atoms with Gasteiger partial charge in [-0.25, -0.2) is 0 Å². The zero-order valence-electron chi connectivity index (χ0n) is 15.7. The Labute approximate surface area is 155 Å². The molecule has 1 N–H and O–H groups in total. The fourth-order valence-corrected chi connectivity index (χ4v) is 1.96. The first kappa shape index (κ1) is 21.0. The van der Waals surface area contributed by atoms with E-state index < -0.39 is 0 Å². The van der Waals surface area contributed by atoms with Gasteiger partial charge in [-0.2, -0.15) is 20.5 Å². The SMILES string of the molecule is C=C/C=C\C(C)=C(/C)N=NC1=CC(C)=C(N=NC(=C)/C=C\C(=C)O)CC1. The molecule has 0 bridgehead atoms. The second-order valence-corrected chi connectivity index (χ2v) is 5.84. The Morgan fingerprint density at radius 3 is 2.42 bits per heavy atom. The molecule has 0 amide bonds. The smallest absolute Gasteiger partial charge is 0.108 e. The van der Waals surface area contributed by atoms with Gasteiger partial charge in [-0.15, -0.1) is 0 Å². The predicted molar refractivity (Wildman–Crippen MR) is 107 cm³/mol. The minimum absolute atomic E-state index is 0.0492. The van der Waals surface area contributed by atoms with Gasteiger partial charge in [0.05, 0.1) is 22.8 Å². The van der Waals surface area contributed by atoms with Crippen LogP contribution in [0.15, 0.2) is 116 Å². The highest BCUT2D eigenvalue weighted by atomic mass is 16.3. The molecule has 5 heteroatoms. The van der Waals surface area contributed by atoms with Gasteiger partial charge < -0.3 is 5.11 Å². The van der Waals surface area contributed by atoms with Gasteiger partial charge >= 0.3 is 0 Å². The minimum Gasteiger partial charge on any atom is -0.509 e. The van der Waals surface area contributed by atoms with Gasteiger partial charge in [-0.05, 0) is 63.0 Å². The second-order valence-electron chi connectivity index (χ2n) is 5.84. The lowest BCUT2D eigenvalue weighted by Crippen LogP contribution is -1.94. The molecule has 0 fully saturated rings. The molecule has 0 saturated carbocycles. The quantitative estimate of drug-likeness (QED) is 0.285. The topological polar surface area (TPSA) is 69.7 Å². The number of rotatable bonds is 8. The molecule has 26 heavy (non-hydrogen) atoms. The highest BCUT2D eigenvalue weighted by molar-refractivity contribution is 5.31. The van der Waals surface area contributed by atoms with Gasteiger partial charge in [0.15, 0.2) is 0 Å². The van der Waals surface area contributed by atoms with Crippen LogP contribution in [-0.4, -0.2) is 5.11 Å². The van der Waals surface area contributed by atoms with E-state index in [1.54, 1.807) is 12.2 Å². The average Bonchev–Trinajstić information content (AvgIpc) is 2.61. The van der Waals surface area contributed by atoms with Gasteiger partial charge in [0.1, 0.15) is 5.76 Å². The zero-order valence-corrected chi connectivity index (χ0v) is 15.7. The van der Waals surface area contributed by atoms with Crippen molar-refractivity contribution in [2.24, 2.45) is 20.5 Å². The molecule has 1 rings (SSSR count). The number of allylic oxidation sites excluding steroid dienone is 11. The number of azo groups is 2. The average molecular weight is 350 g/mol. The van der Waals surface area contributed by atoms with Crippen LogP contribution < -0.4 is 0 Å². The molecule has 0 aromatic rings. The van der Waals surface area contributed by atoms with Gasteiger partial charge in [0.2, 0.25) is 0 Å². The fraction of sp³-hybridized carbons (Fsp3) is 0.238. The second kappa shape index (κ2) is 10.7. The number of nitrogens with zero attached hydrogens (tertiary/aromatic N) is 4. The largest absolute Gasteiger partial charge is 0.509 e. The molecule has 136 valence electrons. The first-order valence-corrected chi connectivity index (χ1v) is 8.28. The summed E-state index contributed by atoms with van der Waals surface area (Å²) < 4.78 is 0. The van der Waals surface area contributed by atoms with E-state index in [9.17, 15) is 0 Å². The maximum atomic E-state index is 9.01. The van der Waals surface area contributed by atoms with Crippen molar-refractivity contribution in [1.82, 2.24) is 0 Å². The summed E-state index contributed by atoms with van der Waals surface area (Å²) in [6.07, 6.45) is 12.0. The van der Waals surface area contributed by atoms with Crippen LogP contribution in [0.3, 0.4) is 0 Å². The lowest BCUT2D eigenvalue weighted by Gasteiger charge is -2.11. The van der Waals surface area contributed by atoms with Crippen molar-refractivity contribution in [2.75, 3.05) is 0 Å². The van der Waals surface area contributed by atoms with Crippen LogP contribution in [-0.2, 0) is 0 Å². The molecule has 0 aromatic carbocycles. The standard InChI is InChI=1S/C21H26N4O/c1-7-8-9-15(2)19(6)23-24-20-12-13-21(16(3)14-20)25-22-17(4)10-11-18(5)26/h7-11,14,26H,1,4-5,12-13H2,2-3,6H3/b9-8-,11-10-,19-15+,24-23?,25-22?. The summed E-state index contributed by atoms with van der Waals surface area (Å²) in [5.41, 5.74) is 5.16. The van der Waals surface area contributed by atoms with E-state index in [4.69, 9.17) is 5.11 Å². The summed E-state index contributed by atoms with van der Waals surface area (Å²) in [6, 6.07) is 0. The normalized spacial score (nSPS) is 16.7. The van der Waals surface area contributed by atoms with Crippen LogP contribution in [0.25, 0.3) is 0 Å². The number of hydrogen-bond donors (Lipinski definition) is 1. The van der Waals surface area contributed by atoms with Gasteiger partial charge in [0, 0.05) is 0 Å². The molecule has 0 spiro atoms. The van der Waals surface area contributed by atoms with E-state index in [-0.39, 0.29) is 5.76 Å². The molecule has 0 aromatic heterocycles. The maximum Gasteiger partial charge on any atom is 0.108 e. The van der Waals surface area contributed by atoms with E-state index in [1.165, 1.54) is 6.08 Å². The molecular weight excluding hydrogens is 324 g/mol. The maximum absolute atomic E-state index is 9.01. The summed E-state index contributed by atoms with van der Waals surface area (Å²) in [5, 5.41) is 25.9. The molecule has 0 aliphatic heterocycles. The lowest BCUT2D eigenvalue weighted by atomic mass is 10.0. The Morgan fingerprint density at radius 2 is 1.81 bits per heavy atom. The Bertz CT molecular complexity index is 787. The molecule has 5 nitrogen and oxygen atoms in total. The van der Waals surface area contributed by atoms with Crippen molar-refractivity contribution in [2.45, 2.75) is 33.6 Å². The number of hydrogen-bond acceptors (Lipinski definition) is 5. The summed E-state index contributed by atoms with van der Waals surface area (Å²) >= 11 is 0. The van der Waals surface area contributed by atoms with E-state index in [1.807, 2.05) is 39.0 Å². The summed E-state index contributed by atoms with van der Waals surface area (Å²) in [4.78, 5) is 0. The highest BCUT2D eigenvalue weighted by Gasteiger charge is 2.10. The number of aliphatic hydroxyl groups is 1. The van der Waals surface area contributed by atoms with Crippen LogP contribution in [0.5, 0.6) is 0 Å². The summed E-state index contributed by atoms with van der Waals surface area (Å²) in [5.74, 6) is -0.0492. The van der Waals surface area contributed by atoms with Crippen LogP contribution >= 0.6 is 0 Å². The van der Waals surface area contributed by atoms with Crippen LogP contribution in [0, 0.1) is 0 Å². The Morgan fingerprint density at radius 1 is 1.08 bits per heavy atom. The first-order chi connectivity index (χ1) is 12.3. The fourth-order valence-electron chi connectivity index (χ4n) is 1.96. The van der Waals surface area contributed by atoms with Crippen molar-refractivity contribution in [3.05, 3.63) is 95.9 Å². The van der Waals surface area contributed by atoms with Crippen LogP contribution in [0.2, 0.25) is 0 Å². The van der Waals surface area contributed by atoms with Crippen LogP contribution in [0.1, 0.15) is 33.6 Å². The zero-order chi connectivity index (χ0) is 19.5. The van der Waals surface area contributed by atoms with E-state index in [2.05, 4.69) is 40.2 Å². The molecule has 1 aliphatic carbocycles. The van der Waals surface area contributed by atoms with E-state index in [0.29, 0.717) is 5.70 Å². The first-order valence-electron chi connectivity index (χ1n) is 8.28. The van der Waals surface area contributed by atoms with Gasteiger partial charge in [0.25, 0.3) is 0 Å². The van der Waals surface area contributed by atoms with E-state index in [0.717, 1.165) is 41.1 Å². The predicted octanol–water partition coefficient (Wildman–Crippen LogP) is 7.02. The third-order valence-corrected chi connectivity index (χ3v) is 3.60. The van der Waals surface area contributed by atoms with Crippen molar-refractivity contribution in [3.8, 4) is 0 Å². The van der Waals surface area contributed by atoms with Gasteiger partial charge in [-0.1, -0.05) is 38.0 Å². The Balaban J connectivity index is 2.83. The third-order valence-electron chi connectivity index (χ3n) is 3.60. The molecule has 1 aliphatic rings. The third kappa shape index (κ3) is 7.66. The van der Waals surface area contributed by atoms with Crippen molar-refractivity contribution < 1.29 is 5.11 Å². The monoisotopic (exact) mass is 350 g/mol. The van der Waals surface area contributed by atoms with Gasteiger partial charge in [-0.3, -0.25) is 0 Å². The molecule has 0 radical (unpaired) electrons. The molecule has 0 atom stereocenters. The van der Waals surface area contributed by atoms with Crippen molar-refractivity contribution in [1.29, 1.82) is 0 Å².